The van der Waals surface area contributed by atoms with Crippen molar-refractivity contribution in [3.8, 4) is 0 Å². The van der Waals surface area contributed by atoms with Crippen molar-refractivity contribution >= 4 is 23.0 Å². The second kappa shape index (κ2) is 11.1. The van der Waals surface area contributed by atoms with Crippen LogP contribution in [0.15, 0.2) is 41.3 Å². The average Bonchev–Trinajstić information content (AvgIpc) is 2.85. The highest BCUT2D eigenvalue weighted by Crippen LogP contribution is 2.25. The standard InChI is InChI=1S/C26H37N5O3/c1-18(2)30-14-16-31(17-15-30)21-8-4-20(5-9-21)29-26(33)24-23(12-13-27-25(24)32)28-19-6-10-22(34-3)11-7-19/h4-5,8-9,12-13,18-19,22H,6-7,10-11,14-17H2,1-3H3,(H,29,33)(H2,27,28,32). The number of H-pyrrole nitrogens is 1. The van der Waals surface area contributed by atoms with Gasteiger partial charge >= 0.3 is 0 Å². The maximum atomic E-state index is 13.1. The fourth-order valence-corrected chi connectivity index (χ4v) is 4.93. The van der Waals surface area contributed by atoms with Gasteiger partial charge in [-0.1, -0.05) is 0 Å². The molecule has 2 fully saturated rings. The molecule has 1 amide bonds. The van der Waals surface area contributed by atoms with E-state index in [0.717, 1.165) is 57.5 Å². The normalized spacial score (nSPS) is 21.5. The zero-order valence-electron chi connectivity index (χ0n) is 20.5. The summed E-state index contributed by atoms with van der Waals surface area (Å²) in [7, 11) is 1.75. The topological polar surface area (TPSA) is 89.7 Å². The van der Waals surface area contributed by atoms with Gasteiger partial charge in [-0.05, 0) is 69.9 Å². The molecule has 1 saturated heterocycles. The smallest absolute Gasteiger partial charge is 0.263 e. The van der Waals surface area contributed by atoms with Crippen LogP contribution in [0.1, 0.15) is 49.9 Å². The molecule has 0 unspecified atom stereocenters. The Morgan fingerprint density at radius 3 is 2.32 bits per heavy atom. The van der Waals surface area contributed by atoms with Crippen molar-refractivity contribution in [2.75, 3.05) is 48.8 Å². The van der Waals surface area contributed by atoms with Crippen LogP contribution < -0.4 is 21.1 Å². The van der Waals surface area contributed by atoms with Gasteiger partial charge in [0.25, 0.3) is 11.5 Å². The Morgan fingerprint density at radius 2 is 1.71 bits per heavy atom. The van der Waals surface area contributed by atoms with E-state index in [-0.39, 0.29) is 11.6 Å². The highest BCUT2D eigenvalue weighted by Gasteiger charge is 2.24. The fourth-order valence-electron chi connectivity index (χ4n) is 4.93. The summed E-state index contributed by atoms with van der Waals surface area (Å²) in [4.78, 5) is 33.1. The molecule has 4 rings (SSSR count). The van der Waals surface area contributed by atoms with Gasteiger partial charge in [0.05, 0.1) is 11.8 Å². The van der Waals surface area contributed by atoms with E-state index in [2.05, 4.69) is 39.3 Å². The summed E-state index contributed by atoms with van der Waals surface area (Å²) >= 11 is 0. The van der Waals surface area contributed by atoms with Gasteiger partial charge in [-0.3, -0.25) is 14.5 Å². The minimum absolute atomic E-state index is 0.116. The third-order valence-electron chi connectivity index (χ3n) is 7.09. The number of methoxy groups -OCH3 is 1. The first-order chi connectivity index (χ1) is 16.4. The summed E-state index contributed by atoms with van der Waals surface area (Å²) in [6.07, 6.45) is 5.70. The Morgan fingerprint density at radius 1 is 1.03 bits per heavy atom. The quantitative estimate of drug-likeness (QED) is 0.577. The SMILES string of the molecule is COC1CCC(Nc2cc[nH]c(=O)c2C(=O)Nc2ccc(N3CCN(C(C)C)CC3)cc2)CC1. The van der Waals surface area contributed by atoms with Crippen LogP contribution in [0.4, 0.5) is 17.1 Å². The van der Waals surface area contributed by atoms with Gasteiger partial charge in [0.2, 0.25) is 0 Å². The number of piperazine rings is 1. The number of hydrogen-bond acceptors (Lipinski definition) is 6. The number of amides is 1. The number of nitrogens with one attached hydrogen (secondary N) is 3. The number of ether oxygens (including phenoxy) is 1. The molecule has 2 aliphatic rings. The third kappa shape index (κ3) is 5.80. The minimum atomic E-state index is -0.409. The van der Waals surface area contributed by atoms with E-state index in [1.165, 1.54) is 0 Å². The van der Waals surface area contributed by atoms with Gasteiger partial charge in [-0.25, -0.2) is 0 Å². The van der Waals surface area contributed by atoms with Crippen LogP contribution in [0.5, 0.6) is 0 Å². The number of aromatic amines is 1. The highest BCUT2D eigenvalue weighted by molar-refractivity contribution is 6.07. The summed E-state index contributed by atoms with van der Waals surface area (Å²) in [5, 5.41) is 6.32. The molecule has 1 saturated carbocycles. The van der Waals surface area contributed by atoms with Crippen molar-refractivity contribution in [3.05, 3.63) is 52.4 Å². The van der Waals surface area contributed by atoms with E-state index in [1.54, 1.807) is 19.4 Å². The molecule has 1 aliphatic carbocycles. The number of aromatic nitrogens is 1. The van der Waals surface area contributed by atoms with E-state index in [0.29, 0.717) is 23.5 Å². The van der Waals surface area contributed by atoms with E-state index in [4.69, 9.17) is 4.74 Å². The van der Waals surface area contributed by atoms with Crippen molar-refractivity contribution in [2.45, 2.75) is 57.7 Å². The molecule has 0 bridgehead atoms. The zero-order valence-corrected chi connectivity index (χ0v) is 20.5. The molecule has 1 aromatic heterocycles. The predicted octanol–water partition coefficient (Wildman–Crippen LogP) is 3.53. The van der Waals surface area contributed by atoms with Crippen molar-refractivity contribution in [2.24, 2.45) is 0 Å². The van der Waals surface area contributed by atoms with Crippen LogP contribution in [0.2, 0.25) is 0 Å². The van der Waals surface area contributed by atoms with Crippen LogP contribution in [-0.4, -0.2) is 67.3 Å². The van der Waals surface area contributed by atoms with Crippen LogP contribution in [0.25, 0.3) is 0 Å². The van der Waals surface area contributed by atoms with Crippen molar-refractivity contribution in [1.29, 1.82) is 0 Å². The van der Waals surface area contributed by atoms with Gasteiger partial charge in [0.1, 0.15) is 5.56 Å². The highest BCUT2D eigenvalue weighted by atomic mass is 16.5. The molecule has 2 aromatic rings. The van der Waals surface area contributed by atoms with Crippen molar-refractivity contribution in [1.82, 2.24) is 9.88 Å². The first-order valence-electron chi connectivity index (χ1n) is 12.4. The summed E-state index contributed by atoms with van der Waals surface area (Å²) < 4.78 is 5.45. The van der Waals surface area contributed by atoms with Gasteiger partial charge in [-0.2, -0.15) is 0 Å². The van der Waals surface area contributed by atoms with E-state index >= 15 is 0 Å². The van der Waals surface area contributed by atoms with Crippen LogP contribution >= 0.6 is 0 Å². The van der Waals surface area contributed by atoms with Gasteiger partial charge in [0, 0.05) is 62.9 Å². The second-order valence-electron chi connectivity index (χ2n) is 9.57. The maximum absolute atomic E-state index is 13.1. The number of anilines is 3. The molecule has 8 nitrogen and oxygen atoms in total. The van der Waals surface area contributed by atoms with Gasteiger partial charge in [-0.15, -0.1) is 0 Å². The summed E-state index contributed by atoms with van der Waals surface area (Å²) in [5.74, 6) is -0.409. The Bertz CT molecular complexity index is 1000. The van der Waals surface area contributed by atoms with Crippen LogP contribution in [0, 0.1) is 0 Å². The maximum Gasteiger partial charge on any atom is 0.263 e. The van der Waals surface area contributed by atoms with Crippen molar-refractivity contribution < 1.29 is 9.53 Å². The zero-order chi connectivity index (χ0) is 24.1. The lowest BCUT2D eigenvalue weighted by Crippen LogP contribution is -2.48. The summed E-state index contributed by atoms with van der Waals surface area (Å²) in [5.41, 5.74) is 2.11. The lowest BCUT2D eigenvalue weighted by Gasteiger charge is -2.38. The molecule has 8 heteroatoms. The number of pyridine rings is 1. The second-order valence-corrected chi connectivity index (χ2v) is 9.57. The minimum Gasteiger partial charge on any atom is -0.381 e. The third-order valence-corrected chi connectivity index (χ3v) is 7.09. The number of nitrogens with zero attached hydrogens (tertiary/aromatic N) is 2. The molecule has 1 aliphatic heterocycles. The summed E-state index contributed by atoms with van der Waals surface area (Å²) in [6.45, 7) is 8.55. The Kier molecular flexibility index (Phi) is 7.90. The molecule has 0 radical (unpaired) electrons. The van der Waals surface area contributed by atoms with Gasteiger partial charge in [0.15, 0.2) is 0 Å². The number of carbonyl (C=O) groups is 1. The van der Waals surface area contributed by atoms with E-state index in [1.807, 2.05) is 24.3 Å². The number of rotatable bonds is 7. The fraction of sp³-hybridized carbons (Fsp3) is 0.538. The number of benzene rings is 1. The Balaban J connectivity index is 1.39. The molecule has 34 heavy (non-hydrogen) atoms. The van der Waals surface area contributed by atoms with Crippen LogP contribution in [-0.2, 0) is 4.74 Å². The Labute approximate surface area is 201 Å². The van der Waals surface area contributed by atoms with Crippen LogP contribution in [0.3, 0.4) is 0 Å². The van der Waals surface area contributed by atoms with E-state index < -0.39 is 11.5 Å². The molecular weight excluding hydrogens is 430 g/mol. The number of carbonyl (C=O) groups excluding carboxylic acids is 1. The van der Waals surface area contributed by atoms with Gasteiger partial charge < -0.3 is 25.3 Å². The van der Waals surface area contributed by atoms with Crippen molar-refractivity contribution in [3.63, 3.8) is 0 Å². The molecule has 3 N–H and O–H groups in total. The lowest BCUT2D eigenvalue weighted by atomic mass is 9.92. The largest absolute Gasteiger partial charge is 0.381 e. The summed E-state index contributed by atoms with van der Waals surface area (Å²) in [6, 6.07) is 10.4. The lowest BCUT2D eigenvalue weighted by molar-refractivity contribution is 0.0681. The Hall–Kier alpha value is -2.84. The molecule has 0 atom stereocenters. The molecule has 1 aromatic carbocycles. The monoisotopic (exact) mass is 467 g/mol. The van der Waals surface area contributed by atoms with E-state index in [9.17, 15) is 9.59 Å². The first kappa shape index (κ1) is 24.3. The first-order valence-corrected chi connectivity index (χ1v) is 12.4. The molecule has 2 heterocycles. The molecule has 184 valence electrons. The number of hydrogen-bond donors (Lipinski definition) is 3. The molecule has 0 spiro atoms. The predicted molar refractivity (Wildman–Crippen MR) is 137 cm³/mol. The average molecular weight is 468 g/mol. The molecular formula is C26H37N5O3.